The molecule has 0 aromatic heterocycles. The van der Waals surface area contributed by atoms with Gasteiger partial charge < -0.3 is 32.5 Å². The highest BCUT2D eigenvalue weighted by Crippen LogP contribution is 2.09. The fraction of sp³-hybridized carbons (Fsp3) is 0.600. The van der Waals surface area contributed by atoms with Gasteiger partial charge in [-0.3, -0.25) is 14.4 Å². The lowest BCUT2D eigenvalue weighted by molar-refractivity contribution is -0.142. The summed E-state index contributed by atoms with van der Waals surface area (Å²) >= 11 is 1.48. The molecular formula is C25H41N5O5S. The number of carboxylic acid groups (broad SMARTS) is 1. The number of nitrogens with two attached hydrogens (primary N) is 2. The summed E-state index contributed by atoms with van der Waals surface area (Å²) in [4.78, 5) is 50.4. The zero-order chi connectivity index (χ0) is 27.1. The average molecular weight is 524 g/mol. The molecular weight excluding hydrogens is 482 g/mol. The fourth-order valence-corrected chi connectivity index (χ4v) is 4.02. The molecule has 0 saturated heterocycles. The van der Waals surface area contributed by atoms with Gasteiger partial charge in [0.2, 0.25) is 17.7 Å². The van der Waals surface area contributed by atoms with Gasteiger partial charge in [0.25, 0.3) is 0 Å². The van der Waals surface area contributed by atoms with Gasteiger partial charge in [-0.15, -0.1) is 0 Å². The SMILES string of the molecule is CSCCC(NC(=O)C(CCCCN)NC(=O)C(NC(=O)C(N)Cc1ccccc1)C(C)C)C(=O)O. The number of amides is 3. The third kappa shape index (κ3) is 11.4. The number of benzene rings is 1. The normalized spacial score (nSPS) is 14.4. The predicted octanol–water partition coefficient (Wildman–Crippen LogP) is 0.634. The van der Waals surface area contributed by atoms with Crippen molar-refractivity contribution in [3.63, 3.8) is 0 Å². The third-order valence-electron chi connectivity index (χ3n) is 5.69. The van der Waals surface area contributed by atoms with Crippen LogP contribution in [-0.4, -0.2) is 71.5 Å². The summed E-state index contributed by atoms with van der Waals surface area (Å²) < 4.78 is 0. The maximum atomic E-state index is 13.1. The van der Waals surface area contributed by atoms with Crippen molar-refractivity contribution in [2.45, 2.75) is 70.1 Å². The fourth-order valence-electron chi connectivity index (χ4n) is 3.54. The molecule has 1 rings (SSSR count). The Morgan fingerprint density at radius 3 is 2.11 bits per heavy atom. The number of hydrogen-bond acceptors (Lipinski definition) is 7. The Balaban J connectivity index is 2.90. The Kier molecular flexibility index (Phi) is 14.8. The van der Waals surface area contributed by atoms with Gasteiger partial charge >= 0.3 is 5.97 Å². The van der Waals surface area contributed by atoms with Gasteiger partial charge in [0.1, 0.15) is 18.1 Å². The molecule has 10 nitrogen and oxygen atoms in total. The van der Waals surface area contributed by atoms with Crippen LogP contribution in [0.25, 0.3) is 0 Å². The van der Waals surface area contributed by atoms with Crippen molar-refractivity contribution >= 4 is 35.5 Å². The molecule has 0 aliphatic rings. The average Bonchev–Trinajstić information content (AvgIpc) is 2.84. The van der Waals surface area contributed by atoms with E-state index in [1.165, 1.54) is 11.8 Å². The minimum atomic E-state index is -1.14. The number of unbranched alkanes of at least 4 members (excludes halogenated alkanes) is 1. The van der Waals surface area contributed by atoms with Crippen LogP contribution in [0.15, 0.2) is 30.3 Å². The molecule has 0 fully saturated rings. The number of carboxylic acids is 1. The summed E-state index contributed by atoms with van der Waals surface area (Å²) in [6.07, 6.45) is 3.93. The number of thioether (sulfide) groups is 1. The molecule has 11 heteroatoms. The number of aliphatic carboxylic acids is 1. The Morgan fingerprint density at radius 2 is 1.56 bits per heavy atom. The molecule has 4 unspecified atom stereocenters. The molecule has 1 aromatic carbocycles. The highest BCUT2D eigenvalue weighted by atomic mass is 32.2. The van der Waals surface area contributed by atoms with Crippen LogP contribution in [0, 0.1) is 5.92 Å². The van der Waals surface area contributed by atoms with Crippen LogP contribution in [-0.2, 0) is 25.6 Å². The van der Waals surface area contributed by atoms with Gasteiger partial charge in [0, 0.05) is 0 Å². The monoisotopic (exact) mass is 523 g/mol. The van der Waals surface area contributed by atoms with Crippen molar-refractivity contribution in [1.82, 2.24) is 16.0 Å². The van der Waals surface area contributed by atoms with Crippen LogP contribution in [0.4, 0.5) is 0 Å². The zero-order valence-corrected chi connectivity index (χ0v) is 22.2. The summed E-state index contributed by atoms with van der Waals surface area (Å²) in [5, 5.41) is 17.4. The van der Waals surface area contributed by atoms with Crippen LogP contribution in [0.5, 0.6) is 0 Å². The molecule has 3 amide bonds. The first-order chi connectivity index (χ1) is 17.1. The molecule has 0 spiro atoms. The lowest BCUT2D eigenvalue weighted by atomic mass is 10.00. The van der Waals surface area contributed by atoms with Crippen LogP contribution >= 0.6 is 11.8 Å². The summed E-state index contributed by atoms with van der Waals surface area (Å²) in [6, 6.07) is 5.53. The van der Waals surface area contributed by atoms with Crippen molar-refractivity contribution in [3.05, 3.63) is 35.9 Å². The van der Waals surface area contributed by atoms with Crippen LogP contribution in [0.2, 0.25) is 0 Å². The van der Waals surface area contributed by atoms with Crippen LogP contribution in [0.1, 0.15) is 45.1 Å². The molecule has 0 saturated carbocycles. The minimum Gasteiger partial charge on any atom is -0.480 e. The zero-order valence-electron chi connectivity index (χ0n) is 21.4. The van der Waals surface area contributed by atoms with Gasteiger partial charge in [-0.05, 0) is 62.1 Å². The molecule has 4 atom stereocenters. The molecule has 0 bridgehead atoms. The quantitative estimate of drug-likeness (QED) is 0.161. The third-order valence-corrected chi connectivity index (χ3v) is 6.33. The Labute approximate surface area is 217 Å². The van der Waals surface area contributed by atoms with E-state index in [9.17, 15) is 24.3 Å². The minimum absolute atomic E-state index is 0.260. The van der Waals surface area contributed by atoms with E-state index in [0.29, 0.717) is 31.6 Å². The van der Waals surface area contributed by atoms with Gasteiger partial charge in [-0.25, -0.2) is 4.79 Å². The number of rotatable bonds is 17. The number of hydrogen-bond donors (Lipinski definition) is 6. The summed E-state index contributed by atoms with van der Waals surface area (Å²) in [5.74, 6) is -2.44. The molecule has 202 valence electrons. The number of carbonyl (C=O) groups excluding carboxylic acids is 3. The smallest absolute Gasteiger partial charge is 0.326 e. The van der Waals surface area contributed by atoms with Crippen molar-refractivity contribution in [1.29, 1.82) is 0 Å². The number of carbonyl (C=O) groups is 4. The van der Waals surface area contributed by atoms with Crippen molar-refractivity contribution in [3.8, 4) is 0 Å². The highest BCUT2D eigenvalue weighted by Gasteiger charge is 2.31. The van der Waals surface area contributed by atoms with E-state index in [4.69, 9.17) is 11.5 Å². The molecule has 0 heterocycles. The molecule has 0 aliphatic carbocycles. The van der Waals surface area contributed by atoms with Crippen LogP contribution in [0.3, 0.4) is 0 Å². The first-order valence-corrected chi connectivity index (χ1v) is 13.6. The lowest BCUT2D eigenvalue weighted by Gasteiger charge is -2.27. The Hall–Kier alpha value is -2.63. The van der Waals surface area contributed by atoms with Gasteiger partial charge in [-0.1, -0.05) is 44.2 Å². The molecule has 0 aliphatic heterocycles. The van der Waals surface area contributed by atoms with E-state index >= 15 is 0 Å². The maximum Gasteiger partial charge on any atom is 0.326 e. The Bertz CT molecular complexity index is 839. The lowest BCUT2D eigenvalue weighted by Crippen LogP contribution is -2.58. The second kappa shape index (κ2) is 16.9. The van der Waals surface area contributed by atoms with Crippen molar-refractivity contribution < 1.29 is 24.3 Å². The standard InChI is InChI=1S/C25H41N5O5S/c1-16(2)21(30-22(31)18(27)15-17-9-5-4-6-10-17)24(33)28-19(11-7-8-13-26)23(32)29-20(25(34)35)12-14-36-3/h4-6,9-10,16,18-21H,7-8,11-15,26-27H2,1-3H3,(H,28,33)(H,29,32)(H,30,31)(H,34,35). The van der Waals surface area contributed by atoms with Crippen LogP contribution < -0.4 is 27.4 Å². The van der Waals surface area contributed by atoms with Crippen molar-refractivity contribution in [2.24, 2.45) is 17.4 Å². The van der Waals surface area contributed by atoms with E-state index < -0.39 is 47.9 Å². The van der Waals surface area contributed by atoms with E-state index in [1.807, 2.05) is 36.6 Å². The molecule has 1 aromatic rings. The second-order valence-corrected chi connectivity index (χ2v) is 10.0. The molecule has 0 radical (unpaired) electrons. The first kappa shape index (κ1) is 31.4. The number of nitrogens with one attached hydrogen (secondary N) is 3. The van der Waals surface area contributed by atoms with E-state index in [1.54, 1.807) is 13.8 Å². The summed E-state index contributed by atoms with van der Waals surface area (Å²) in [5.41, 5.74) is 12.5. The summed E-state index contributed by atoms with van der Waals surface area (Å²) in [6.45, 7) is 3.98. The maximum absolute atomic E-state index is 13.1. The van der Waals surface area contributed by atoms with Crippen molar-refractivity contribution in [2.75, 3.05) is 18.6 Å². The summed E-state index contributed by atoms with van der Waals surface area (Å²) in [7, 11) is 0. The van der Waals surface area contributed by atoms with Gasteiger partial charge in [0.15, 0.2) is 0 Å². The second-order valence-electron chi connectivity index (χ2n) is 9.05. The molecule has 36 heavy (non-hydrogen) atoms. The van der Waals surface area contributed by atoms with Gasteiger partial charge in [-0.2, -0.15) is 11.8 Å². The van der Waals surface area contributed by atoms with E-state index in [-0.39, 0.29) is 18.8 Å². The topological polar surface area (TPSA) is 177 Å². The Morgan fingerprint density at radius 1 is 0.917 bits per heavy atom. The largest absolute Gasteiger partial charge is 0.480 e. The van der Waals surface area contributed by atoms with E-state index in [0.717, 1.165) is 5.56 Å². The molecule has 8 N–H and O–H groups in total. The predicted molar refractivity (Wildman–Crippen MR) is 142 cm³/mol. The highest BCUT2D eigenvalue weighted by molar-refractivity contribution is 7.98. The van der Waals surface area contributed by atoms with Gasteiger partial charge in [0.05, 0.1) is 6.04 Å². The van der Waals surface area contributed by atoms with E-state index in [2.05, 4.69) is 16.0 Å². The first-order valence-electron chi connectivity index (χ1n) is 12.2.